The Morgan fingerprint density at radius 2 is 1.77 bits per heavy atom. The Labute approximate surface area is 186 Å². The van der Waals surface area contributed by atoms with Crippen LogP contribution in [-0.4, -0.2) is 25.8 Å². The maximum atomic E-state index is 12.5. The van der Waals surface area contributed by atoms with E-state index in [2.05, 4.69) is 11.9 Å². The van der Waals surface area contributed by atoms with E-state index in [9.17, 15) is 13.2 Å². The van der Waals surface area contributed by atoms with Gasteiger partial charge in [0.05, 0.1) is 16.5 Å². The van der Waals surface area contributed by atoms with Crippen LogP contribution >= 0.6 is 23.4 Å². The van der Waals surface area contributed by atoms with E-state index in [4.69, 9.17) is 17.3 Å². The highest BCUT2D eigenvalue weighted by atomic mass is 35.5. The molecule has 1 saturated heterocycles. The van der Waals surface area contributed by atoms with E-state index in [1.165, 1.54) is 11.8 Å². The van der Waals surface area contributed by atoms with Gasteiger partial charge < -0.3 is 11.1 Å². The molecule has 30 heavy (non-hydrogen) atoms. The number of hydrogen-bond acceptors (Lipinski definition) is 5. The Bertz CT molecular complexity index is 1070. The van der Waals surface area contributed by atoms with Crippen molar-refractivity contribution in [3.8, 4) is 0 Å². The summed E-state index contributed by atoms with van der Waals surface area (Å²) in [5.74, 6) is 0.396. The molecule has 0 radical (unpaired) electrons. The highest BCUT2D eigenvalue weighted by Crippen LogP contribution is 2.29. The SMILES string of the molecule is C=C(NC(=O)c1ccc(C2CCS(=O)(=O)CC2)cc1)S/C=C(\N)c1ccccc1Cl. The molecule has 2 aromatic rings. The minimum absolute atomic E-state index is 0.217. The Balaban J connectivity index is 1.56. The normalized spacial score (nSPS) is 16.8. The zero-order valence-corrected chi connectivity index (χ0v) is 18.7. The molecule has 1 heterocycles. The van der Waals surface area contributed by atoms with Gasteiger partial charge in [-0.2, -0.15) is 0 Å². The lowest BCUT2D eigenvalue weighted by molar-refractivity contribution is 0.0969. The monoisotopic (exact) mass is 462 g/mol. The predicted molar refractivity (Wildman–Crippen MR) is 125 cm³/mol. The van der Waals surface area contributed by atoms with E-state index in [1.807, 2.05) is 30.3 Å². The first-order chi connectivity index (χ1) is 14.2. The molecule has 3 N–H and O–H groups in total. The highest BCUT2D eigenvalue weighted by Gasteiger charge is 2.24. The Kier molecular flexibility index (Phi) is 7.28. The molecule has 3 rings (SSSR count). The maximum Gasteiger partial charge on any atom is 0.256 e. The lowest BCUT2D eigenvalue weighted by Gasteiger charge is -2.22. The summed E-state index contributed by atoms with van der Waals surface area (Å²) >= 11 is 7.34. The average molecular weight is 463 g/mol. The van der Waals surface area contributed by atoms with Crippen LogP contribution in [0.25, 0.3) is 5.70 Å². The maximum absolute atomic E-state index is 12.5. The molecule has 1 amide bonds. The van der Waals surface area contributed by atoms with Crippen molar-refractivity contribution in [1.29, 1.82) is 0 Å². The first kappa shape index (κ1) is 22.5. The van der Waals surface area contributed by atoms with Crippen molar-refractivity contribution >= 4 is 44.8 Å². The number of carbonyl (C=O) groups is 1. The fraction of sp³-hybridized carbons (Fsp3) is 0.227. The summed E-state index contributed by atoms with van der Waals surface area (Å²) in [6.45, 7) is 3.85. The Morgan fingerprint density at radius 1 is 1.13 bits per heavy atom. The predicted octanol–water partition coefficient (Wildman–Crippen LogP) is 4.52. The summed E-state index contributed by atoms with van der Waals surface area (Å²) in [5, 5.41) is 5.42. The number of halogens is 1. The third kappa shape index (κ3) is 5.90. The van der Waals surface area contributed by atoms with Gasteiger partial charge in [0.2, 0.25) is 0 Å². The molecule has 0 aliphatic carbocycles. The lowest BCUT2D eigenvalue weighted by Crippen LogP contribution is -2.22. The molecule has 8 heteroatoms. The van der Waals surface area contributed by atoms with E-state index in [0.29, 0.717) is 34.2 Å². The zero-order valence-electron chi connectivity index (χ0n) is 16.3. The van der Waals surface area contributed by atoms with Gasteiger partial charge in [-0.15, -0.1) is 0 Å². The van der Waals surface area contributed by atoms with Gasteiger partial charge in [-0.05, 0) is 42.5 Å². The number of benzene rings is 2. The topological polar surface area (TPSA) is 89.3 Å². The average Bonchev–Trinajstić information content (AvgIpc) is 2.72. The van der Waals surface area contributed by atoms with Gasteiger partial charge in [0.1, 0.15) is 9.84 Å². The molecule has 0 unspecified atom stereocenters. The number of amides is 1. The summed E-state index contributed by atoms with van der Waals surface area (Å²) in [5.41, 5.74) is 8.83. The number of thioether (sulfide) groups is 1. The minimum Gasteiger partial charge on any atom is -0.398 e. The summed E-state index contributed by atoms with van der Waals surface area (Å²) < 4.78 is 23.2. The molecule has 5 nitrogen and oxygen atoms in total. The van der Waals surface area contributed by atoms with Crippen LogP contribution in [0.1, 0.15) is 40.2 Å². The number of carbonyl (C=O) groups excluding carboxylic acids is 1. The molecule has 0 atom stereocenters. The largest absolute Gasteiger partial charge is 0.398 e. The van der Waals surface area contributed by atoms with Crippen molar-refractivity contribution < 1.29 is 13.2 Å². The van der Waals surface area contributed by atoms with Crippen molar-refractivity contribution in [2.24, 2.45) is 5.73 Å². The van der Waals surface area contributed by atoms with Crippen molar-refractivity contribution in [2.45, 2.75) is 18.8 Å². The van der Waals surface area contributed by atoms with E-state index < -0.39 is 9.84 Å². The van der Waals surface area contributed by atoms with Gasteiger partial charge in [0.15, 0.2) is 0 Å². The molecule has 0 spiro atoms. The molecule has 1 fully saturated rings. The molecule has 0 bridgehead atoms. The molecule has 158 valence electrons. The first-order valence-corrected chi connectivity index (χ1v) is 12.5. The summed E-state index contributed by atoms with van der Waals surface area (Å²) in [4.78, 5) is 12.5. The van der Waals surface area contributed by atoms with E-state index >= 15 is 0 Å². The Hall–Kier alpha value is -2.22. The van der Waals surface area contributed by atoms with Gasteiger partial charge in [-0.3, -0.25) is 4.79 Å². The lowest BCUT2D eigenvalue weighted by atomic mass is 9.93. The fourth-order valence-electron chi connectivity index (χ4n) is 3.25. The third-order valence-corrected chi connectivity index (χ3v) is 7.77. The van der Waals surface area contributed by atoms with Crippen LogP contribution in [0.3, 0.4) is 0 Å². The quantitative estimate of drug-likeness (QED) is 0.658. The Morgan fingerprint density at radius 3 is 2.40 bits per heavy atom. The van der Waals surface area contributed by atoms with Crippen molar-refractivity contribution in [3.63, 3.8) is 0 Å². The van der Waals surface area contributed by atoms with Crippen LogP contribution in [0, 0.1) is 0 Å². The molecule has 2 aromatic carbocycles. The number of hydrogen-bond donors (Lipinski definition) is 2. The van der Waals surface area contributed by atoms with Gasteiger partial charge in [0, 0.05) is 27.3 Å². The molecular weight excluding hydrogens is 440 g/mol. The van der Waals surface area contributed by atoms with Crippen molar-refractivity contribution in [3.05, 3.63) is 87.3 Å². The fourth-order valence-corrected chi connectivity index (χ4v) is 5.54. The minimum atomic E-state index is -2.89. The number of rotatable bonds is 6. The van der Waals surface area contributed by atoms with Crippen LogP contribution in [0.5, 0.6) is 0 Å². The third-order valence-electron chi connectivity index (χ3n) is 4.96. The van der Waals surface area contributed by atoms with Gasteiger partial charge in [-0.25, -0.2) is 8.42 Å². The molecule has 1 aliphatic rings. The zero-order chi connectivity index (χ0) is 21.7. The molecular formula is C22H23ClN2O3S2. The summed E-state index contributed by atoms with van der Waals surface area (Å²) in [6.07, 6.45) is 1.25. The molecule has 0 aromatic heterocycles. The van der Waals surface area contributed by atoms with Gasteiger partial charge in [-0.1, -0.05) is 60.3 Å². The van der Waals surface area contributed by atoms with Crippen LogP contribution in [0.4, 0.5) is 0 Å². The van der Waals surface area contributed by atoms with Gasteiger partial charge in [0.25, 0.3) is 5.91 Å². The molecule has 0 saturated carbocycles. The number of sulfone groups is 1. The van der Waals surface area contributed by atoms with Crippen LogP contribution in [0.15, 0.2) is 65.5 Å². The second-order valence-electron chi connectivity index (χ2n) is 7.10. The standard InChI is InChI=1S/C22H23ClN2O3S2/c1-15(29-14-21(24)19-4-2-3-5-20(19)23)25-22(26)18-8-6-16(7-9-18)17-10-12-30(27,28)13-11-17/h2-9,14,17H,1,10-13,24H2,(H,25,26)/b21-14-. The van der Waals surface area contributed by atoms with E-state index in [1.54, 1.807) is 23.6 Å². The summed E-state index contributed by atoms with van der Waals surface area (Å²) in [6, 6.07) is 14.5. The summed E-state index contributed by atoms with van der Waals surface area (Å²) in [7, 11) is -2.89. The van der Waals surface area contributed by atoms with Crippen molar-refractivity contribution in [1.82, 2.24) is 5.32 Å². The first-order valence-electron chi connectivity index (χ1n) is 9.43. The van der Waals surface area contributed by atoms with Crippen molar-refractivity contribution in [2.75, 3.05) is 11.5 Å². The number of nitrogens with one attached hydrogen (secondary N) is 1. The highest BCUT2D eigenvalue weighted by molar-refractivity contribution is 8.05. The smallest absolute Gasteiger partial charge is 0.256 e. The van der Waals surface area contributed by atoms with Crippen LogP contribution in [-0.2, 0) is 9.84 Å². The second kappa shape index (κ2) is 9.73. The van der Waals surface area contributed by atoms with Crippen LogP contribution in [0.2, 0.25) is 5.02 Å². The molecule has 1 aliphatic heterocycles. The van der Waals surface area contributed by atoms with Crippen LogP contribution < -0.4 is 11.1 Å². The second-order valence-corrected chi connectivity index (χ2v) is 10.8. The van der Waals surface area contributed by atoms with E-state index in [0.717, 1.165) is 11.1 Å². The van der Waals surface area contributed by atoms with Gasteiger partial charge >= 0.3 is 0 Å². The van der Waals surface area contributed by atoms with E-state index in [-0.39, 0.29) is 23.3 Å². The number of nitrogens with two attached hydrogens (primary N) is 1.